The van der Waals surface area contributed by atoms with Gasteiger partial charge in [0.1, 0.15) is 11.3 Å². The zero-order valence-corrected chi connectivity index (χ0v) is 15.9. The van der Waals surface area contributed by atoms with Gasteiger partial charge in [-0.15, -0.1) is 0 Å². The number of rotatable bonds is 7. The summed E-state index contributed by atoms with van der Waals surface area (Å²) in [5, 5.41) is 25.5. The molecule has 29 heavy (non-hydrogen) atoms. The number of non-ortho nitro benzene ring substituents is 1. The number of nitrogens with zero attached hydrogens (tertiary/aromatic N) is 2. The Hall–Kier alpha value is -3.74. The molecule has 0 aliphatic heterocycles. The molecule has 7 nitrogen and oxygen atoms in total. The van der Waals surface area contributed by atoms with Crippen molar-refractivity contribution in [3.05, 3.63) is 82.0 Å². The number of phenolic OH excluding ortho intramolecular Hbond substituents is 1. The van der Waals surface area contributed by atoms with Gasteiger partial charge in [-0.3, -0.25) is 19.9 Å². The van der Waals surface area contributed by atoms with E-state index in [1.807, 2.05) is 37.3 Å². The lowest BCUT2D eigenvalue weighted by molar-refractivity contribution is -0.383. The Bertz CT molecular complexity index is 1060. The Balaban J connectivity index is 2.12. The van der Waals surface area contributed by atoms with Gasteiger partial charge in [-0.25, -0.2) is 0 Å². The number of carbonyl (C=O) groups is 1. The van der Waals surface area contributed by atoms with Crippen LogP contribution in [0.4, 0.5) is 5.69 Å². The Morgan fingerprint density at radius 1 is 1.28 bits per heavy atom. The van der Waals surface area contributed by atoms with Crippen molar-refractivity contribution in [2.75, 3.05) is 0 Å². The number of hydrogen-bond acceptors (Lipinski definition) is 5. The van der Waals surface area contributed by atoms with E-state index in [1.165, 1.54) is 18.3 Å². The number of benzene rings is 2. The van der Waals surface area contributed by atoms with Gasteiger partial charge in [0.15, 0.2) is 0 Å². The summed E-state index contributed by atoms with van der Waals surface area (Å²) in [5.41, 5.74) is 1.07. The Labute approximate surface area is 167 Å². The third-order valence-electron chi connectivity index (χ3n) is 4.48. The van der Waals surface area contributed by atoms with Crippen LogP contribution in [0.2, 0.25) is 0 Å². The fourth-order valence-corrected chi connectivity index (χ4v) is 3.09. The molecule has 2 aromatic carbocycles. The Morgan fingerprint density at radius 2 is 2.03 bits per heavy atom. The molecule has 1 aromatic heterocycles. The molecule has 0 radical (unpaired) electrons. The van der Waals surface area contributed by atoms with Crippen LogP contribution >= 0.6 is 0 Å². The largest absolute Gasteiger partial charge is 0.505 e. The van der Waals surface area contributed by atoms with Crippen molar-refractivity contribution in [2.24, 2.45) is 0 Å². The third-order valence-corrected chi connectivity index (χ3v) is 4.48. The third kappa shape index (κ3) is 4.57. The first-order valence-electron chi connectivity index (χ1n) is 9.29. The topological polar surface area (TPSA) is 105 Å². The normalized spacial score (nSPS) is 12.2. The van der Waals surface area contributed by atoms with Gasteiger partial charge in [-0.1, -0.05) is 49.4 Å². The van der Waals surface area contributed by atoms with Crippen molar-refractivity contribution in [2.45, 2.75) is 25.8 Å². The van der Waals surface area contributed by atoms with E-state index in [2.05, 4.69) is 10.3 Å². The van der Waals surface area contributed by atoms with Crippen molar-refractivity contribution in [3.8, 4) is 5.75 Å². The van der Waals surface area contributed by atoms with Crippen LogP contribution in [0.15, 0.2) is 60.8 Å². The van der Waals surface area contributed by atoms with Gasteiger partial charge >= 0.3 is 0 Å². The van der Waals surface area contributed by atoms with Crippen LogP contribution in [0.1, 0.15) is 36.9 Å². The summed E-state index contributed by atoms with van der Waals surface area (Å²) in [6.45, 7) is 1.89. The maximum absolute atomic E-state index is 12.3. The van der Waals surface area contributed by atoms with Gasteiger partial charge in [-0.05, 0) is 24.1 Å². The van der Waals surface area contributed by atoms with Crippen LogP contribution < -0.4 is 5.32 Å². The summed E-state index contributed by atoms with van der Waals surface area (Å²) in [6, 6.07) is 13.1. The maximum Gasteiger partial charge on any atom is 0.279 e. The van der Waals surface area contributed by atoms with E-state index in [0.29, 0.717) is 12.8 Å². The summed E-state index contributed by atoms with van der Waals surface area (Å²) < 4.78 is 0. The second kappa shape index (κ2) is 8.97. The minimum absolute atomic E-state index is 0.125. The Kier molecular flexibility index (Phi) is 6.19. The van der Waals surface area contributed by atoms with E-state index in [4.69, 9.17) is 0 Å². The molecule has 1 amide bonds. The lowest BCUT2D eigenvalue weighted by Gasteiger charge is -2.18. The van der Waals surface area contributed by atoms with Gasteiger partial charge in [-0.2, -0.15) is 0 Å². The summed E-state index contributed by atoms with van der Waals surface area (Å²) in [6.07, 6.45) is 5.93. The molecule has 148 valence electrons. The van der Waals surface area contributed by atoms with Crippen molar-refractivity contribution >= 4 is 28.6 Å². The lowest BCUT2D eigenvalue weighted by atomic mass is 9.99. The molecule has 0 aliphatic rings. The SMILES string of the molecule is CCCC(=O)NC(C=Cc1ccccc1)c1cc([N+](=O)[O-])c2cccnc2c1O. The monoisotopic (exact) mass is 391 g/mol. The van der Waals surface area contributed by atoms with Crippen LogP contribution in [-0.2, 0) is 4.79 Å². The van der Waals surface area contributed by atoms with Crippen molar-refractivity contribution in [1.82, 2.24) is 10.3 Å². The number of aromatic nitrogens is 1. The molecule has 0 saturated heterocycles. The number of hydrogen-bond donors (Lipinski definition) is 2. The number of pyridine rings is 1. The highest BCUT2D eigenvalue weighted by Gasteiger charge is 2.24. The van der Waals surface area contributed by atoms with E-state index in [0.717, 1.165) is 5.56 Å². The number of nitro groups is 1. The molecule has 0 bridgehead atoms. The molecule has 3 aromatic rings. The first kappa shape index (κ1) is 20.0. The van der Waals surface area contributed by atoms with Crippen LogP contribution in [-0.4, -0.2) is 20.9 Å². The molecule has 0 spiro atoms. The highest BCUT2D eigenvalue weighted by molar-refractivity contribution is 5.93. The number of phenols is 1. The lowest BCUT2D eigenvalue weighted by Crippen LogP contribution is -2.27. The van der Waals surface area contributed by atoms with Crippen LogP contribution in [0, 0.1) is 10.1 Å². The number of carbonyl (C=O) groups excluding carboxylic acids is 1. The minimum Gasteiger partial charge on any atom is -0.505 e. The summed E-state index contributed by atoms with van der Waals surface area (Å²) in [5.74, 6) is -0.399. The van der Waals surface area contributed by atoms with Crippen LogP contribution in [0.3, 0.4) is 0 Å². The van der Waals surface area contributed by atoms with Crippen molar-refractivity contribution in [1.29, 1.82) is 0 Å². The number of fused-ring (bicyclic) bond motifs is 1. The second-order valence-electron chi connectivity index (χ2n) is 6.56. The van der Waals surface area contributed by atoms with Crippen molar-refractivity contribution < 1.29 is 14.8 Å². The number of amides is 1. The summed E-state index contributed by atoms with van der Waals surface area (Å²) in [7, 11) is 0. The summed E-state index contributed by atoms with van der Waals surface area (Å²) >= 11 is 0. The van der Waals surface area contributed by atoms with E-state index < -0.39 is 11.0 Å². The maximum atomic E-state index is 12.3. The van der Waals surface area contributed by atoms with Crippen molar-refractivity contribution in [3.63, 3.8) is 0 Å². The predicted octanol–water partition coefficient (Wildman–Crippen LogP) is 4.52. The summed E-state index contributed by atoms with van der Waals surface area (Å²) in [4.78, 5) is 27.4. The molecule has 2 N–H and O–H groups in total. The average molecular weight is 391 g/mol. The first-order valence-corrected chi connectivity index (χ1v) is 9.29. The molecular weight excluding hydrogens is 370 g/mol. The fraction of sp³-hybridized carbons (Fsp3) is 0.182. The van der Waals surface area contributed by atoms with Gasteiger partial charge in [0.2, 0.25) is 5.91 Å². The smallest absolute Gasteiger partial charge is 0.279 e. The van der Waals surface area contributed by atoms with Gasteiger partial charge < -0.3 is 10.4 Å². The Morgan fingerprint density at radius 3 is 2.72 bits per heavy atom. The molecule has 0 fully saturated rings. The molecule has 7 heteroatoms. The quantitative estimate of drug-likeness (QED) is 0.455. The van der Waals surface area contributed by atoms with Crippen LogP contribution in [0.5, 0.6) is 5.75 Å². The number of aromatic hydroxyl groups is 1. The highest BCUT2D eigenvalue weighted by atomic mass is 16.6. The van der Waals surface area contributed by atoms with Gasteiger partial charge in [0, 0.05) is 24.2 Å². The van der Waals surface area contributed by atoms with Crippen LogP contribution in [0.25, 0.3) is 17.0 Å². The van der Waals surface area contributed by atoms with E-state index in [-0.39, 0.29) is 33.8 Å². The fourth-order valence-electron chi connectivity index (χ4n) is 3.09. The van der Waals surface area contributed by atoms with Gasteiger partial charge in [0.05, 0.1) is 16.4 Å². The zero-order chi connectivity index (χ0) is 20.8. The molecule has 1 atom stereocenters. The molecule has 1 heterocycles. The molecule has 0 saturated carbocycles. The number of nitrogens with one attached hydrogen (secondary N) is 1. The molecule has 3 rings (SSSR count). The molecule has 1 unspecified atom stereocenters. The van der Waals surface area contributed by atoms with E-state index in [1.54, 1.807) is 18.2 Å². The molecule has 0 aliphatic carbocycles. The van der Waals surface area contributed by atoms with E-state index in [9.17, 15) is 20.0 Å². The highest BCUT2D eigenvalue weighted by Crippen LogP contribution is 2.38. The number of nitro benzene ring substituents is 1. The van der Waals surface area contributed by atoms with Gasteiger partial charge in [0.25, 0.3) is 5.69 Å². The minimum atomic E-state index is -0.751. The first-order chi connectivity index (χ1) is 14.0. The second-order valence-corrected chi connectivity index (χ2v) is 6.56. The molecular formula is C22H21N3O4. The average Bonchev–Trinajstić information content (AvgIpc) is 2.72. The van der Waals surface area contributed by atoms with E-state index >= 15 is 0 Å². The standard InChI is InChI=1S/C22H21N3O4/c1-2-7-20(26)24-18(12-11-15-8-4-3-5-9-15)17-14-19(25(28)29)16-10-6-13-23-21(16)22(17)27/h3-6,8-14,18,27H,2,7H2,1H3,(H,24,26). The predicted molar refractivity (Wildman–Crippen MR) is 111 cm³/mol. The zero-order valence-electron chi connectivity index (χ0n) is 15.9.